The van der Waals surface area contributed by atoms with Crippen LogP contribution in [0.5, 0.6) is 0 Å². The maximum atomic E-state index is 12.1. The van der Waals surface area contributed by atoms with E-state index in [1.807, 2.05) is 37.9 Å². The highest BCUT2D eigenvalue weighted by molar-refractivity contribution is 5.92. The molecule has 0 aromatic heterocycles. The van der Waals surface area contributed by atoms with Crippen molar-refractivity contribution in [3.63, 3.8) is 0 Å². The molecule has 116 valence electrons. The number of anilines is 1. The molecular weight excluding hydrogens is 264 g/mol. The fourth-order valence-corrected chi connectivity index (χ4v) is 2.86. The number of amides is 1. The van der Waals surface area contributed by atoms with Gasteiger partial charge in [-0.05, 0) is 63.4 Å². The SMILES string of the molecule is Cc1cc(C)cc(NC(=O)CN(C)CC2CCCCO2)c1. The molecule has 1 heterocycles. The molecule has 0 spiro atoms. The number of carbonyl (C=O) groups excluding carboxylic acids is 1. The summed E-state index contributed by atoms with van der Waals surface area (Å²) in [6.07, 6.45) is 3.77. The van der Waals surface area contributed by atoms with E-state index in [1.165, 1.54) is 6.42 Å². The molecule has 0 aliphatic carbocycles. The lowest BCUT2D eigenvalue weighted by atomic mass is 10.1. The fourth-order valence-electron chi connectivity index (χ4n) is 2.86. The Morgan fingerprint density at radius 1 is 1.29 bits per heavy atom. The van der Waals surface area contributed by atoms with Crippen molar-refractivity contribution < 1.29 is 9.53 Å². The van der Waals surface area contributed by atoms with Gasteiger partial charge >= 0.3 is 0 Å². The van der Waals surface area contributed by atoms with Gasteiger partial charge in [0.2, 0.25) is 5.91 Å². The third kappa shape index (κ3) is 5.48. The molecule has 2 rings (SSSR count). The molecule has 1 aliphatic rings. The maximum absolute atomic E-state index is 12.1. The van der Waals surface area contributed by atoms with Crippen LogP contribution in [0, 0.1) is 13.8 Å². The summed E-state index contributed by atoms with van der Waals surface area (Å²) < 4.78 is 5.71. The second kappa shape index (κ2) is 7.57. The molecule has 4 nitrogen and oxygen atoms in total. The molecule has 21 heavy (non-hydrogen) atoms. The largest absolute Gasteiger partial charge is 0.377 e. The van der Waals surface area contributed by atoms with Crippen molar-refractivity contribution in [1.82, 2.24) is 4.90 Å². The fraction of sp³-hybridized carbons (Fsp3) is 0.588. The number of ether oxygens (including phenoxy) is 1. The standard InChI is InChI=1S/C17H26N2O2/c1-13-8-14(2)10-15(9-13)18-17(20)12-19(3)11-16-6-4-5-7-21-16/h8-10,16H,4-7,11-12H2,1-3H3,(H,18,20). The van der Waals surface area contributed by atoms with Gasteiger partial charge in [-0.1, -0.05) is 6.07 Å². The first-order valence-corrected chi connectivity index (χ1v) is 7.71. The van der Waals surface area contributed by atoms with Gasteiger partial charge in [0, 0.05) is 18.8 Å². The van der Waals surface area contributed by atoms with Crippen LogP contribution >= 0.6 is 0 Å². The third-order valence-corrected chi connectivity index (χ3v) is 3.71. The number of aryl methyl sites for hydroxylation is 2. The highest BCUT2D eigenvalue weighted by Crippen LogP contribution is 2.15. The molecule has 1 fully saturated rings. The van der Waals surface area contributed by atoms with Gasteiger partial charge in [0.25, 0.3) is 0 Å². The molecule has 1 atom stereocenters. The van der Waals surface area contributed by atoms with Gasteiger partial charge in [0.05, 0.1) is 12.6 Å². The van der Waals surface area contributed by atoms with Gasteiger partial charge in [0.15, 0.2) is 0 Å². The van der Waals surface area contributed by atoms with Crippen LogP contribution in [0.2, 0.25) is 0 Å². The minimum atomic E-state index is 0.0262. The number of hydrogen-bond acceptors (Lipinski definition) is 3. The van der Waals surface area contributed by atoms with Crippen LogP contribution in [-0.4, -0.2) is 43.7 Å². The lowest BCUT2D eigenvalue weighted by Crippen LogP contribution is -2.37. The summed E-state index contributed by atoms with van der Waals surface area (Å²) in [7, 11) is 1.97. The lowest BCUT2D eigenvalue weighted by molar-refractivity contribution is -0.117. The molecule has 1 amide bonds. The van der Waals surface area contributed by atoms with Crippen molar-refractivity contribution in [1.29, 1.82) is 0 Å². The Morgan fingerprint density at radius 3 is 2.62 bits per heavy atom. The second-order valence-corrected chi connectivity index (χ2v) is 6.11. The molecule has 4 heteroatoms. The van der Waals surface area contributed by atoms with Crippen molar-refractivity contribution in [3.8, 4) is 0 Å². The Hall–Kier alpha value is -1.39. The first-order valence-electron chi connectivity index (χ1n) is 7.71. The van der Waals surface area contributed by atoms with Gasteiger partial charge in [-0.2, -0.15) is 0 Å². The van der Waals surface area contributed by atoms with Crippen LogP contribution in [0.1, 0.15) is 30.4 Å². The van der Waals surface area contributed by atoms with Gasteiger partial charge < -0.3 is 10.1 Å². The Bertz CT molecular complexity index is 461. The minimum Gasteiger partial charge on any atom is -0.377 e. The molecular formula is C17H26N2O2. The topological polar surface area (TPSA) is 41.6 Å². The average Bonchev–Trinajstić information content (AvgIpc) is 2.37. The molecule has 1 N–H and O–H groups in total. The zero-order valence-corrected chi connectivity index (χ0v) is 13.3. The number of rotatable bonds is 5. The van der Waals surface area contributed by atoms with E-state index < -0.39 is 0 Å². The molecule has 0 radical (unpaired) electrons. The molecule has 1 saturated heterocycles. The molecule has 1 aromatic rings. The van der Waals surface area contributed by atoms with Gasteiger partial charge in [-0.15, -0.1) is 0 Å². The summed E-state index contributed by atoms with van der Waals surface area (Å²) in [5, 5.41) is 2.97. The average molecular weight is 290 g/mol. The molecule has 1 unspecified atom stereocenters. The van der Waals surface area contributed by atoms with Crippen LogP contribution in [0.4, 0.5) is 5.69 Å². The van der Waals surface area contributed by atoms with Crippen LogP contribution in [0.25, 0.3) is 0 Å². The number of carbonyl (C=O) groups is 1. The first-order chi connectivity index (χ1) is 10.0. The van der Waals surface area contributed by atoms with Crippen LogP contribution < -0.4 is 5.32 Å². The Balaban J connectivity index is 1.80. The van der Waals surface area contributed by atoms with E-state index in [0.29, 0.717) is 6.54 Å². The second-order valence-electron chi connectivity index (χ2n) is 6.11. The van der Waals surface area contributed by atoms with Crippen molar-refractivity contribution in [2.45, 2.75) is 39.2 Å². The Morgan fingerprint density at radius 2 is 2.00 bits per heavy atom. The summed E-state index contributed by atoms with van der Waals surface area (Å²) in [5.41, 5.74) is 3.20. The molecule has 1 aromatic carbocycles. The van der Waals surface area contributed by atoms with Crippen molar-refractivity contribution >= 4 is 11.6 Å². The van der Waals surface area contributed by atoms with Crippen molar-refractivity contribution in [3.05, 3.63) is 29.3 Å². The minimum absolute atomic E-state index is 0.0262. The summed E-state index contributed by atoms with van der Waals surface area (Å²) in [5.74, 6) is 0.0262. The van der Waals surface area contributed by atoms with Gasteiger partial charge in [0.1, 0.15) is 0 Å². The van der Waals surface area contributed by atoms with Crippen LogP contribution in [0.15, 0.2) is 18.2 Å². The zero-order valence-electron chi connectivity index (χ0n) is 13.3. The van der Waals surface area contributed by atoms with E-state index in [4.69, 9.17) is 4.74 Å². The highest BCUT2D eigenvalue weighted by Gasteiger charge is 2.17. The summed E-state index contributed by atoms with van der Waals surface area (Å²) in [4.78, 5) is 14.1. The summed E-state index contributed by atoms with van der Waals surface area (Å²) in [6, 6.07) is 6.09. The van der Waals surface area contributed by atoms with E-state index in [1.54, 1.807) is 0 Å². The number of nitrogens with one attached hydrogen (secondary N) is 1. The van der Waals surface area contributed by atoms with E-state index in [2.05, 4.69) is 11.4 Å². The van der Waals surface area contributed by atoms with Crippen LogP contribution in [0.3, 0.4) is 0 Å². The van der Waals surface area contributed by atoms with Gasteiger partial charge in [-0.25, -0.2) is 0 Å². The predicted molar refractivity (Wildman–Crippen MR) is 85.6 cm³/mol. The Kier molecular flexibility index (Phi) is 5.76. The Labute approximate surface area is 127 Å². The third-order valence-electron chi connectivity index (χ3n) is 3.71. The number of benzene rings is 1. The number of hydrogen-bond donors (Lipinski definition) is 1. The first kappa shape index (κ1) is 16.0. The van der Waals surface area contributed by atoms with Gasteiger partial charge in [-0.3, -0.25) is 9.69 Å². The predicted octanol–water partition coefficient (Wildman–Crippen LogP) is 2.74. The lowest BCUT2D eigenvalue weighted by Gasteiger charge is -2.27. The highest BCUT2D eigenvalue weighted by atomic mass is 16.5. The van der Waals surface area contributed by atoms with E-state index in [0.717, 1.165) is 42.8 Å². The normalized spacial score (nSPS) is 18.8. The zero-order chi connectivity index (χ0) is 15.2. The number of likely N-dealkylation sites (N-methyl/N-ethyl adjacent to an activating group) is 1. The molecule has 0 saturated carbocycles. The van der Waals surface area contributed by atoms with E-state index >= 15 is 0 Å². The summed E-state index contributed by atoms with van der Waals surface area (Å²) in [6.45, 7) is 6.14. The summed E-state index contributed by atoms with van der Waals surface area (Å²) >= 11 is 0. The van der Waals surface area contributed by atoms with E-state index in [9.17, 15) is 4.79 Å². The molecule has 1 aliphatic heterocycles. The molecule has 0 bridgehead atoms. The smallest absolute Gasteiger partial charge is 0.238 e. The van der Waals surface area contributed by atoms with E-state index in [-0.39, 0.29) is 12.0 Å². The van der Waals surface area contributed by atoms with Crippen molar-refractivity contribution in [2.75, 3.05) is 32.1 Å². The maximum Gasteiger partial charge on any atom is 0.238 e. The quantitative estimate of drug-likeness (QED) is 0.906. The number of nitrogens with zero attached hydrogens (tertiary/aromatic N) is 1. The van der Waals surface area contributed by atoms with Crippen molar-refractivity contribution in [2.24, 2.45) is 0 Å². The van der Waals surface area contributed by atoms with Crippen LogP contribution in [-0.2, 0) is 9.53 Å². The monoisotopic (exact) mass is 290 g/mol.